The van der Waals surface area contributed by atoms with Gasteiger partial charge in [0.05, 0.1) is 0 Å². The zero-order chi connectivity index (χ0) is 9.80. The van der Waals surface area contributed by atoms with Crippen LogP contribution >= 0.6 is 0 Å². The lowest BCUT2D eigenvalue weighted by molar-refractivity contribution is 0.356. The van der Waals surface area contributed by atoms with Gasteiger partial charge in [-0.15, -0.1) is 0 Å². The molecule has 0 saturated carbocycles. The summed E-state index contributed by atoms with van der Waals surface area (Å²) in [7, 11) is 0. The van der Waals surface area contributed by atoms with E-state index in [2.05, 4.69) is 0 Å². The van der Waals surface area contributed by atoms with Crippen molar-refractivity contribution in [1.82, 2.24) is 0 Å². The first-order chi connectivity index (χ1) is 6.88. The number of benzene rings is 2. The lowest BCUT2D eigenvalue weighted by Crippen LogP contribution is -1.99. The Bertz CT molecular complexity index is 341. The van der Waals surface area contributed by atoms with Gasteiger partial charge in [0, 0.05) is 0 Å². The van der Waals surface area contributed by atoms with E-state index in [0.717, 1.165) is 11.1 Å². The van der Waals surface area contributed by atoms with Gasteiger partial charge in [-0.05, 0) is 11.1 Å². The van der Waals surface area contributed by atoms with Crippen molar-refractivity contribution >= 4 is 0 Å². The summed E-state index contributed by atoms with van der Waals surface area (Å²) in [5.74, 6) is 0. The molecular formula is C13H11O. The zero-order valence-electron chi connectivity index (χ0n) is 7.72. The molecule has 69 valence electrons. The Morgan fingerprint density at radius 1 is 0.643 bits per heavy atom. The van der Waals surface area contributed by atoms with Gasteiger partial charge in [-0.1, -0.05) is 60.7 Å². The van der Waals surface area contributed by atoms with Crippen molar-refractivity contribution < 1.29 is 5.11 Å². The summed E-state index contributed by atoms with van der Waals surface area (Å²) in [5.41, 5.74) is 1.69. The molecule has 2 rings (SSSR count). The summed E-state index contributed by atoms with van der Waals surface area (Å²) < 4.78 is 0. The molecule has 0 atom stereocenters. The molecule has 0 aliphatic rings. The normalized spacial score (nSPS) is 10.4. The van der Waals surface area contributed by atoms with Crippen LogP contribution in [0.25, 0.3) is 0 Å². The molecule has 0 amide bonds. The molecule has 0 aliphatic carbocycles. The van der Waals surface area contributed by atoms with E-state index in [9.17, 15) is 5.11 Å². The largest absolute Gasteiger partial charge is 0.377 e. The van der Waals surface area contributed by atoms with Gasteiger partial charge in [0.1, 0.15) is 0 Å². The molecule has 2 aromatic carbocycles. The highest BCUT2D eigenvalue weighted by Crippen LogP contribution is 2.19. The fourth-order valence-corrected chi connectivity index (χ4v) is 1.36. The molecule has 1 heteroatoms. The Kier molecular flexibility index (Phi) is 2.61. The van der Waals surface area contributed by atoms with Crippen molar-refractivity contribution in [3.05, 3.63) is 77.9 Å². The molecule has 1 N–H and O–H groups in total. The predicted octanol–water partition coefficient (Wildman–Crippen LogP) is 2.99. The fraction of sp³-hybridized carbons (Fsp3) is 0. The van der Waals surface area contributed by atoms with Crippen LogP contribution in [-0.4, -0.2) is 5.11 Å². The lowest BCUT2D eigenvalue weighted by Gasteiger charge is -2.08. The highest BCUT2D eigenvalue weighted by atomic mass is 16.3. The predicted molar refractivity (Wildman–Crippen MR) is 56.3 cm³/mol. The molecule has 14 heavy (non-hydrogen) atoms. The molecule has 1 nitrogen and oxygen atoms in total. The SMILES string of the molecule is O[C](c1ccccc1)c1ccccc1. The number of aliphatic hydroxyl groups is 1. The van der Waals surface area contributed by atoms with Crippen molar-refractivity contribution in [1.29, 1.82) is 0 Å². The Morgan fingerprint density at radius 2 is 1.00 bits per heavy atom. The van der Waals surface area contributed by atoms with Crippen molar-refractivity contribution in [2.75, 3.05) is 0 Å². The molecule has 2 aromatic rings. The summed E-state index contributed by atoms with van der Waals surface area (Å²) in [5, 5.41) is 9.91. The van der Waals surface area contributed by atoms with Crippen LogP contribution < -0.4 is 0 Å². The highest BCUT2D eigenvalue weighted by molar-refractivity contribution is 5.40. The standard InChI is InChI=1S/C13H11O/c14-13(11-7-3-1-4-8-11)12-9-5-2-6-10-12/h1-10,14H. The molecule has 0 spiro atoms. The Hall–Kier alpha value is -1.60. The second-order valence-electron chi connectivity index (χ2n) is 3.08. The number of hydrogen-bond donors (Lipinski definition) is 1. The molecule has 1 radical (unpaired) electrons. The second-order valence-corrected chi connectivity index (χ2v) is 3.08. The van der Waals surface area contributed by atoms with Gasteiger partial charge in [0.2, 0.25) is 0 Å². The minimum Gasteiger partial charge on any atom is -0.377 e. The van der Waals surface area contributed by atoms with E-state index in [4.69, 9.17) is 0 Å². The van der Waals surface area contributed by atoms with Crippen LogP contribution in [0.5, 0.6) is 0 Å². The summed E-state index contributed by atoms with van der Waals surface area (Å²) in [6, 6.07) is 19.1. The first kappa shape index (κ1) is 8.97. The summed E-state index contributed by atoms with van der Waals surface area (Å²) >= 11 is 0. The van der Waals surface area contributed by atoms with E-state index in [1.165, 1.54) is 0 Å². The van der Waals surface area contributed by atoms with Crippen molar-refractivity contribution in [3.63, 3.8) is 0 Å². The van der Waals surface area contributed by atoms with E-state index in [0.29, 0.717) is 6.10 Å². The molecule has 0 heterocycles. The topological polar surface area (TPSA) is 20.2 Å². The van der Waals surface area contributed by atoms with Crippen LogP contribution in [0.1, 0.15) is 11.1 Å². The monoisotopic (exact) mass is 183 g/mol. The maximum atomic E-state index is 9.91. The number of aliphatic hydroxyl groups excluding tert-OH is 1. The summed E-state index contributed by atoms with van der Waals surface area (Å²) in [6.45, 7) is 0. The third kappa shape index (κ3) is 1.83. The van der Waals surface area contributed by atoms with Gasteiger partial charge >= 0.3 is 0 Å². The quantitative estimate of drug-likeness (QED) is 0.758. The van der Waals surface area contributed by atoms with E-state index in [-0.39, 0.29) is 0 Å². The van der Waals surface area contributed by atoms with E-state index >= 15 is 0 Å². The van der Waals surface area contributed by atoms with Crippen LogP contribution in [0.4, 0.5) is 0 Å². The van der Waals surface area contributed by atoms with Crippen LogP contribution in [-0.2, 0) is 0 Å². The molecule has 0 aromatic heterocycles. The maximum Gasteiger partial charge on any atom is 0.152 e. The zero-order valence-corrected chi connectivity index (χ0v) is 7.72. The van der Waals surface area contributed by atoms with E-state index in [1.807, 2.05) is 60.7 Å². The van der Waals surface area contributed by atoms with Gasteiger partial charge < -0.3 is 5.11 Å². The average Bonchev–Trinajstić information content (AvgIpc) is 2.30. The van der Waals surface area contributed by atoms with Gasteiger partial charge in [0.15, 0.2) is 6.10 Å². The first-order valence-electron chi connectivity index (χ1n) is 4.54. The molecular weight excluding hydrogens is 172 g/mol. The molecule has 0 unspecified atom stereocenters. The Morgan fingerprint density at radius 3 is 1.36 bits per heavy atom. The van der Waals surface area contributed by atoms with Crippen molar-refractivity contribution in [2.24, 2.45) is 0 Å². The smallest absolute Gasteiger partial charge is 0.152 e. The highest BCUT2D eigenvalue weighted by Gasteiger charge is 2.09. The molecule has 0 fully saturated rings. The van der Waals surface area contributed by atoms with Crippen LogP contribution in [0.15, 0.2) is 60.7 Å². The average molecular weight is 183 g/mol. The van der Waals surface area contributed by atoms with Gasteiger partial charge in [-0.2, -0.15) is 0 Å². The van der Waals surface area contributed by atoms with Crippen molar-refractivity contribution in [2.45, 2.75) is 0 Å². The minimum atomic E-state index is 0.325. The van der Waals surface area contributed by atoms with E-state index in [1.54, 1.807) is 0 Å². The van der Waals surface area contributed by atoms with Crippen molar-refractivity contribution in [3.8, 4) is 0 Å². The van der Waals surface area contributed by atoms with Gasteiger partial charge in [-0.3, -0.25) is 0 Å². The minimum absolute atomic E-state index is 0.325. The van der Waals surface area contributed by atoms with Crippen LogP contribution in [0, 0.1) is 6.10 Å². The Balaban J connectivity index is 2.30. The van der Waals surface area contributed by atoms with Gasteiger partial charge in [0.25, 0.3) is 0 Å². The summed E-state index contributed by atoms with van der Waals surface area (Å²) in [4.78, 5) is 0. The second kappa shape index (κ2) is 4.07. The Labute approximate surface area is 83.6 Å². The third-order valence-electron chi connectivity index (χ3n) is 2.09. The first-order valence-corrected chi connectivity index (χ1v) is 4.54. The number of hydrogen-bond acceptors (Lipinski definition) is 1. The summed E-state index contributed by atoms with van der Waals surface area (Å²) in [6.07, 6.45) is 0.325. The molecule has 0 saturated heterocycles. The fourth-order valence-electron chi connectivity index (χ4n) is 1.36. The molecule has 0 aliphatic heterocycles. The third-order valence-corrected chi connectivity index (χ3v) is 2.09. The lowest BCUT2D eigenvalue weighted by atomic mass is 10.0. The maximum absolute atomic E-state index is 9.91. The van der Waals surface area contributed by atoms with E-state index < -0.39 is 0 Å². The molecule has 0 bridgehead atoms. The number of rotatable bonds is 2. The van der Waals surface area contributed by atoms with Crippen LogP contribution in [0.2, 0.25) is 0 Å². The van der Waals surface area contributed by atoms with Gasteiger partial charge in [-0.25, -0.2) is 0 Å². The van der Waals surface area contributed by atoms with Crippen LogP contribution in [0.3, 0.4) is 0 Å².